The average molecular weight is 327 g/mol. The number of nitrogens with zero attached hydrogens (tertiary/aromatic N) is 2. The summed E-state index contributed by atoms with van der Waals surface area (Å²) in [7, 11) is 1.60. The van der Waals surface area contributed by atoms with Gasteiger partial charge < -0.3 is 19.7 Å². The monoisotopic (exact) mass is 327 g/mol. The van der Waals surface area contributed by atoms with E-state index >= 15 is 0 Å². The summed E-state index contributed by atoms with van der Waals surface area (Å²) in [4.78, 5) is 18.6. The normalized spacial score (nSPS) is 16.7. The van der Waals surface area contributed by atoms with E-state index in [2.05, 4.69) is 15.2 Å². The summed E-state index contributed by atoms with van der Waals surface area (Å²) in [6.45, 7) is 1.65. The van der Waals surface area contributed by atoms with Gasteiger partial charge in [0, 0.05) is 31.4 Å². The number of anilines is 1. The van der Waals surface area contributed by atoms with Gasteiger partial charge in [0.25, 0.3) is 5.91 Å². The molecule has 0 radical (unpaired) electrons. The molecule has 1 amide bonds. The summed E-state index contributed by atoms with van der Waals surface area (Å²) in [6, 6.07) is 13.2. The lowest BCUT2D eigenvalue weighted by atomic mass is 10.2. The van der Waals surface area contributed by atoms with Crippen LogP contribution in [0.15, 0.2) is 48.7 Å². The Morgan fingerprint density at radius 3 is 2.96 bits per heavy atom. The summed E-state index contributed by atoms with van der Waals surface area (Å²) in [5.41, 5.74) is 0. The quantitative estimate of drug-likeness (QED) is 0.877. The van der Waals surface area contributed by atoms with Gasteiger partial charge >= 0.3 is 0 Å². The lowest BCUT2D eigenvalue weighted by Gasteiger charge is -2.17. The molecule has 0 saturated carbocycles. The molecule has 1 saturated heterocycles. The molecule has 1 fully saturated rings. The van der Waals surface area contributed by atoms with E-state index in [0.29, 0.717) is 11.5 Å². The highest BCUT2D eigenvalue weighted by atomic mass is 16.5. The molecule has 3 rings (SSSR count). The van der Waals surface area contributed by atoms with Crippen LogP contribution in [-0.4, -0.2) is 43.7 Å². The Balaban J connectivity index is 1.45. The topological polar surface area (TPSA) is 63.7 Å². The Bertz CT molecular complexity index is 678. The van der Waals surface area contributed by atoms with Crippen LogP contribution < -0.4 is 19.7 Å². The van der Waals surface area contributed by atoms with Crippen molar-refractivity contribution in [3.63, 3.8) is 0 Å². The number of carbonyl (C=O) groups excluding carboxylic acids is 1. The molecule has 126 valence electrons. The zero-order chi connectivity index (χ0) is 16.8. The minimum Gasteiger partial charge on any atom is -0.497 e. The van der Waals surface area contributed by atoms with Gasteiger partial charge in [-0.05, 0) is 30.7 Å². The largest absolute Gasteiger partial charge is 0.497 e. The van der Waals surface area contributed by atoms with E-state index in [1.54, 1.807) is 25.4 Å². The van der Waals surface area contributed by atoms with Crippen molar-refractivity contribution in [2.75, 3.05) is 31.7 Å². The molecule has 1 aromatic carbocycles. The van der Waals surface area contributed by atoms with Crippen molar-refractivity contribution in [1.82, 2.24) is 10.3 Å². The molecule has 6 nitrogen and oxygen atoms in total. The predicted molar refractivity (Wildman–Crippen MR) is 91.5 cm³/mol. The van der Waals surface area contributed by atoms with Crippen LogP contribution >= 0.6 is 0 Å². The maximum atomic E-state index is 12.1. The van der Waals surface area contributed by atoms with E-state index in [-0.39, 0.29) is 18.6 Å². The molecule has 2 heterocycles. The van der Waals surface area contributed by atoms with E-state index in [1.807, 2.05) is 30.3 Å². The lowest BCUT2D eigenvalue weighted by Crippen LogP contribution is -2.39. The van der Waals surface area contributed by atoms with E-state index < -0.39 is 0 Å². The molecular formula is C18H21N3O3. The van der Waals surface area contributed by atoms with Gasteiger partial charge in [-0.3, -0.25) is 4.79 Å². The zero-order valence-electron chi connectivity index (χ0n) is 13.6. The highest BCUT2D eigenvalue weighted by molar-refractivity contribution is 5.78. The molecule has 1 aliphatic rings. The van der Waals surface area contributed by atoms with Crippen LogP contribution in [0.2, 0.25) is 0 Å². The molecule has 0 bridgehead atoms. The number of aromatic nitrogens is 1. The average Bonchev–Trinajstić information content (AvgIpc) is 3.09. The summed E-state index contributed by atoms with van der Waals surface area (Å²) < 4.78 is 10.6. The number of ether oxygens (including phenoxy) is 2. The van der Waals surface area contributed by atoms with Crippen molar-refractivity contribution in [1.29, 1.82) is 0 Å². The van der Waals surface area contributed by atoms with Crippen LogP contribution in [0.5, 0.6) is 11.5 Å². The molecule has 1 atom stereocenters. The van der Waals surface area contributed by atoms with Gasteiger partial charge in [0.2, 0.25) is 0 Å². The highest BCUT2D eigenvalue weighted by Gasteiger charge is 2.24. The minimum atomic E-state index is -0.120. The van der Waals surface area contributed by atoms with Gasteiger partial charge in [0.05, 0.1) is 7.11 Å². The highest BCUT2D eigenvalue weighted by Crippen LogP contribution is 2.19. The van der Waals surface area contributed by atoms with Gasteiger partial charge in [-0.15, -0.1) is 0 Å². The first-order chi connectivity index (χ1) is 11.7. The lowest BCUT2D eigenvalue weighted by molar-refractivity contribution is -0.123. The second-order valence-corrected chi connectivity index (χ2v) is 5.65. The van der Waals surface area contributed by atoms with Crippen molar-refractivity contribution in [3.8, 4) is 11.5 Å². The van der Waals surface area contributed by atoms with Crippen molar-refractivity contribution < 1.29 is 14.3 Å². The van der Waals surface area contributed by atoms with Crippen LogP contribution in [0.3, 0.4) is 0 Å². The Hall–Kier alpha value is -2.76. The van der Waals surface area contributed by atoms with Crippen LogP contribution in [0, 0.1) is 0 Å². The molecule has 1 N–H and O–H groups in total. The van der Waals surface area contributed by atoms with E-state index in [1.165, 1.54) is 0 Å². The number of methoxy groups -OCH3 is 1. The van der Waals surface area contributed by atoms with Gasteiger partial charge in [-0.1, -0.05) is 12.1 Å². The Morgan fingerprint density at radius 2 is 2.17 bits per heavy atom. The number of rotatable bonds is 6. The molecule has 0 spiro atoms. The van der Waals surface area contributed by atoms with Crippen molar-refractivity contribution >= 4 is 11.7 Å². The van der Waals surface area contributed by atoms with E-state index in [0.717, 1.165) is 25.3 Å². The second-order valence-electron chi connectivity index (χ2n) is 5.65. The Labute approximate surface area is 141 Å². The number of carbonyl (C=O) groups is 1. The fourth-order valence-corrected chi connectivity index (χ4v) is 2.74. The molecule has 1 unspecified atom stereocenters. The molecular weight excluding hydrogens is 306 g/mol. The smallest absolute Gasteiger partial charge is 0.258 e. The molecule has 2 aromatic rings. The Kier molecular flexibility index (Phi) is 5.15. The minimum absolute atomic E-state index is 0.00669. The first kappa shape index (κ1) is 16.1. The zero-order valence-corrected chi connectivity index (χ0v) is 13.6. The number of nitrogens with one attached hydrogen (secondary N) is 1. The third-order valence-electron chi connectivity index (χ3n) is 3.94. The van der Waals surface area contributed by atoms with Crippen LogP contribution in [-0.2, 0) is 4.79 Å². The standard InChI is InChI=1S/C18H21N3O3/c1-23-15-5-4-6-16(11-15)24-13-18(22)20-14-8-10-21(12-14)17-7-2-3-9-19-17/h2-7,9,11,14H,8,10,12-13H2,1H3,(H,20,22). The number of pyridine rings is 1. The van der Waals surface area contributed by atoms with Gasteiger partial charge in [-0.25, -0.2) is 4.98 Å². The predicted octanol–water partition coefficient (Wildman–Crippen LogP) is 1.86. The summed E-state index contributed by atoms with van der Waals surface area (Å²) >= 11 is 0. The fourth-order valence-electron chi connectivity index (χ4n) is 2.74. The van der Waals surface area contributed by atoms with Crippen LogP contribution in [0.1, 0.15) is 6.42 Å². The third kappa shape index (κ3) is 4.16. The summed E-state index contributed by atoms with van der Waals surface area (Å²) in [6.07, 6.45) is 2.69. The first-order valence-corrected chi connectivity index (χ1v) is 7.97. The maximum Gasteiger partial charge on any atom is 0.258 e. The number of hydrogen-bond acceptors (Lipinski definition) is 5. The number of amides is 1. The van der Waals surface area contributed by atoms with Crippen LogP contribution in [0.4, 0.5) is 5.82 Å². The molecule has 6 heteroatoms. The first-order valence-electron chi connectivity index (χ1n) is 7.97. The fraction of sp³-hybridized carbons (Fsp3) is 0.333. The van der Waals surface area contributed by atoms with Gasteiger partial charge in [0.1, 0.15) is 17.3 Å². The molecule has 0 aliphatic carbocycles. The second kappa shape index (κ2) is 7.68. The molecule has 24 heavy (non-hydrogen) atoms. The van der Waals surface area contributed by atoms with E-state index in [9.17, 15) is 4.79 Å². The molecule has 1 aromatic heterocycles. The van der Waals surface area contributed by atoms with Crippen molar-refractivity contribution in [3.05, 3.63) is 48.7 Å². The third-order valence-corrected chi connectivity index (χ3v) is 3.94. The SMILES string of the molecule is COc1cccc(OCC(=O)NC2CCN(c3ccccn3)C2)c1. The van der Waals surface area contributed by atoms with Gasteiger partial charge in [-0.2, -0.15) is 0 Å². The van der Waals surface area contributed by atoms with Crippen molar-refractivity contribution in [2.24, 2.45) is 0 Å². The van der Waals surface area contributed by atoms with Crippen LogP contribution in [0.25, 0.3) is 0 Å². The number of hydrogen-bond donors (Lipinski definition) is 1. The number of benzene rings is 1. The van der Waals surface area contributed by atoms with E-state index in [4.69, 9.17) is 9.47 Å². The Morgan fingerprint density at radius 1 is 1.29 bits per heavy atom. The van der Waals surface area contributed by atoms with Crippen molar-refractivity contribution in [2.45, 2.75) is 12.5 Å². The van der Waals surface area contributed by atoms with Gasteiger partial charge in [0.15, 0.2) is 6.61 Å². The molecule has 1 aliphatic heterocycles. The summed E-state index contributed by atoms with van der Waals surface area (Å²) in [5.74, 6) is 2.15. The maximum absolute atomic E-state index is 12.1. The summed E-state index contributed by atoms with van der Waals surface area (Å²) in [5, 5.41) is 3.01.